The van der Waals surface area contributed by atoms with Gasteiger partial charge in [0.1, 0.15) is 0 Å². The second-order valence-electron chi connectivity index (χ2n) is 7.88. The Hall–Kier alpha value is -3.95. The van der Waals surface area contributed by atoms with E-state index < -0.39 is 28.8 Å². The van der Waals surface area contributed by atoms with Gasteiger partial charge in [0.15, 0.2) is 5.69 Å². The topological polar surface area (TPSA) is 75.5 Å². The van der Waals surface area contributed by atoms with Crippen LogP contribution in [-0.2, 0) is 6.18 Å². The number of para-hydroxylation sites is 1. The van der Waals surface area contributed by atoms with E-state index in [0.717, 1.165) is 16.8 Å². The summed E-state index contributed by atoms with van der Waals surface area (Å²) >= 11 is 0. The Morgan fingerprint density at radius 1 is 0.853 bits per heavy atom. The van der Waals surface area contributed by atoms with Gasteiger partial charge >= 0.3 is 6.18 Å². The zero-order valence-corrected chi connectivity index (χ0v) is 18.2. The first-order chi connectivity index (χ1) is 16.2. The van der Waals surface area contributed by atoms with E-state index in [4.69, 9.17) is 0 Å². The number of carbonyl (C=O) groups is 2. The molecule has 1 aliphatic rings. The predicted octanol–water partition coefficient (Wildman–Crippen LogP) is 3.16. The van der Waals surface area contributed by atoms with Crippen LogP contribution in [0.2, 0.25) is 0 Å². The summed E-state index contributed by atoms with van der Waals surface area (Å²) in [4.78, 5) is 41.2. The highest BCUT2D eigenvalue weighted by molar-refractivity contribution is 5.95. The van der Waals surface area contributed by atoms with Crippen molar-refractivity contribution >= 4 is 11.8 Å². The van der Waals surface area contributed by atoms with Gasteiger partial charge in [0.25, 0.3) is 11.8 Å². The number of hydrogen-bond donors (Lipinski definition) is 0. The number of nitrogens with zero attached hydrogens (tertiary/aromatic N) is 4. The largest absolute Gasteiger partial charge is 0.418 e. The number of amides is 2. The molecule has 0 radical (unpaired) electrons. The molecule has 0 bridgehead atoms. The van der Waals surface area contributed by atoms with Crippen molar-refractivity contribution in [2.24, 2.45) is 0 Å². The maximum absolute atomic E-state index is 13.5. The minimum absolute atomic E-state index is 0.160. The first-order valence-electron chi connectivity index (χ1n) is 10.6. The first kappa shape index (κ1) is 23.2. The number of hydrogen-bond acceptors (Lipinski definition) is 4. The number of piperazine rings is 1. The molecule has 0 N–H and O–H groups in total. The van der Waals surface area contributed by atoms with Gasteiger partial charge < -0.3 is 9.80 Å². The number of aromatic nitrogens is 2. The van der Waals surface area contributed by atoms with E-state index >= 15 is 0 Å². The molecule has 0 spiro atoms. The Labute approximate surface area is 193 Å². The minimum Gasteiger partial charge on any atom is -0.335 e. The summed E-state index contributed by atoms with van der Waals surface area (Å²) in [5.74, 6) is -0.845. The molecular formula is C24H21F3N4O3. The van der Waals surface area contributed by atoms with Crippen molar-refractivity contribution in [1.29, 1.82) is 0 Å². The fraction of sp³-hybridized carbons (Fsp3) is 0.250. The first-order valence-corrected chi connectivity index (χ1v) is 10.6. The van der Waals surface area contributed by atoms with E-state index in [2.05, 4.69) is 5.10 Å². The Morgan fingerprint density at radius 3 is 2.03 bits per heavy atom. The lowest BCUT2D eigenvalue weighted by atomic mass is 10.1. The summed E-state index contributed by atoms with van der Waals surface area (Å²) in [5, 5.41) is 4.03. The van der Waals surface area contributed by atoms with Crippen molar-refractivity contribution in [3.05, 3.63) is 93.4 Å². The molecule has 0 atom stereocenters. The zero-order valence-electron chi connectivity index (χ0n) is 18.2. The zero-order chi connectivity index (χ0) is 24.5. The smallest absolute Gasteiger partial charge is 0.335 e. The van der Waals surface area contributed by atoms with Crippen LogP contribution in [0.3, 0.4) is 0 Å². The van der Waals surface area contributed by atoms with E-state index in [1.165, 1.54) is 30.0 Å². The van der Waals surface area contributed by atoms with Gasteiger partial charge in [-0.3, -0.25) is 14.4 Å². The van der Waals surface area contributed by atoms with Gasteiger partial charge in [0.05, 0.1) is 11.3 Å². The van der Waals surface area contributed by atoms with Crippen LogP contribution >= 0.6 is 0 Å². The van der Waals surface area contributed by atoms with Gasteiger partial charge in [0.2, 0.25) is 5.43 Å². The summed E-state index contributed by atoms with van der Waals surface area (Å²) in [7, 11) is 0. The molecule has 4 rings (SSSR count). The maximum Gasteiger partial charge on any atom is 0.418 e. The second kappa shape index (κ2) is 9.12. The molecule has 1 saturated heterocycles. The number of benzene rings is 2. The van der Waals surface area contributed by atoms with Crippen molar-refractivity contribution in [1.82, 2.24) is 19.6 Å². The summed E-state index contributed by atoms with van der Waals surface area (Å²) in [5.41, 5.74) is -1.65. The van der Waals surface area contributed by atoms with Gasteiger partial charge in [-0.25, -0.2) is 4.68 Å². The molecule has 1 fully saturated rings. The molecule has 1 aromatic heterocycles. The number of carbonyl (C=O) groups excluding carboxylic acids is 2. The standard InChI is InChI=1S/C24H21F3N4O3/c1-16-15-20(32)21(28-31(16)19-10-6-5-9-18(19)24(25,26)27)23(34)30-13-11-29(12-14-30)22(33)17-7-3-2-4-8-17/h2-10,15H,11-14H2,1H3. The van der Waals surface area contributed by atoms with Crippen LogP contribution in [0.5, 0.6) is 0 Å². The fourth-order valence-electron chi connectivity index (χ4n) is 3.86. The van der Waals surface area contributed by atoms with Crippen molar-refractivity contribution < 1.29 is 22.8 Å². The van der Waals surface area contributed by atoms with Gasteiger partial charge in [-0.2, -0.15) is 18.3 Å². The van der Waals surface area contributed by atoms with Crippen LogP contribution in [0.4, 0.5) is 13.2 Å². The lowest BCUT2D eigenvalue weighted by molar-refractivity contribution is -0.137. The summed E-state index contributed by atoms with van der Waals surface area (Å²) < 4.78 is 41.5. The highest BCUT2D eigenvalue weighted by atomic mass is 19.4. The van der Waals surface area contributed by atoms with Gasteiger partial charge in [0, 0.05) is 43.5 Å². The van der Waals surface area contributed by atoms with Crippen LogP contribution in [0.25, 0.3) is 5.69 Å². The number of aryl methyl sites for hydroxylation is 1. The molecule has 7 nitrogen and oxygen atoms in total. The fourth-order valence-corrected chi connectivity index (χ4v) is 3.86. The van der Waals surface area contributed by atoms with Crippen molar-refractivity contribution in [2.45, 2.75) is 13.1 Å². The molecule has 10 heteroatoms. The monoisotopic (exact) mass is 470 g/mol. The molecule has 2 aromatic carbocycles. The molecule has 1 aliphatic heterocycles. The van der Waals surface area contributed by atoms with Gasteiger partial charge in [-0.15, -0.1) is 0 Å². The molecule has 2 amide bonds. The highest BCUT2D eigenvalue weighted by Crippen LogP contribution is 2.33. The van der Waals surface area contributed by atoms with E-state index in [0.29, 0.717) is 5.56 Å². The molecular weight excluding hydrogens is 449 g/mol. The van der Waals surface area contributed by atoms with Crippen LogP contribution in [0, 0.1) is 6.92 Å². The molecule has 0 saturated carbocycles. The third kappa shape index (κ3) is 4.57. The van der Waals surface area contributed by atoms with E-state index in [-0.39, 0.29) is 43.5 Å². The molecule has 0 aliphatic carbocycles. The van der Waals surface area contributed by atoms with Crippen LogP contribution in [0.15, 0.2) is 65.5 Å². The van der Waals surface area contributed by atoms with Crippen LogP contribution in [0.1, 0.15) is 32.1 Å². The third-order valence-electron chi connectivity index (χ3n) is 5.62. The number of alkyl halides is 3. The summed E-state index contributed by atoms with van der Waals surface area (Å²) in [6, 6.07) is 14.7. The summed E-state index contributed by atoms with van der Waals surface area (Å²) in [6.45, 7) is 2.31. The lowest BCUT2D eigenvalue weighted by Crippen LogP contribution is -2.51. The molecule has 0 unspecified atom stereocenters. The average Bonchev–Trinajstić information content (AvgIpc) is 2.83. The SMILES string of the molecule is Cc1cc(=O)c(C(=O)N2CCN(C(=O)c3ccccc3)CC2)nn1-c1ccccc1C(F)(F)F. The number of rotatable bonds is 3. The molecule has 2 heterocycles. The minimum atomic E-state index is -4.64. The molecule has 176 valence electrons. The van der Waals surface area contributed by atoms with Crippen molar-refractivity contribution in [3.63, 3.8) is 0 Å². The lowest BCUT2D eigenvalue weighted by Gasteiger charge is -2.34. The predicted molar refractivity (Wildman–Crippen MR) is 118 cm³/mol. The molecule has 34 heavy (non-hydrogen) atoms. The highest BCUT2D eigenvalue weighted by Gasteiger charge is 2.34. The Kier molecular flexibility index (Phi) is 6.23. The van der Waals surface area contributed by atoms with E-state index in [1.54, 1.807) is 29.2 Å². The Bertz CT molecular complexity index is 1280. The van der Waals surface area contributed by atoms with Crippen LogP contribution in [-0.4, -0.2) is 57.6 Å². The maximum atomic E-state index is 13.5. The Balaban J connectivity index is 1.58. The second-order valence-corrected chi connectivity index (χ2v) is 7.88. The van der Waals surface area contributed by atoms with E-state index in [9.17, 15) is 27.6 Å². The third-order valence-corrected chi connectivity index (χ3v) is 5.62. The van der Waals surface area contributed by atoms with Crippen LogP contribution < -0.4 is 5.43 Å². The van der Waals surface area contributed by atoms with Crippen molar-refractivity contribution in [3.8, 4) is 5.69 Å². The molecule has 3 aromatic rings. The summed E-state index contributed by atoms with van der Waals surface area (Å²) in [6.07, 6.45) is -4.64. The van der Waals surface area contributed by atoms with E-state index in [1.807, 2.05) is 6.07 Å². The van der Waals surface area contributed by atoms with Gasteiger partial charge in [-0.1, -0.05) is 30.3 Å². The normalized spacial score (nSPS) is 14.2. The Morgan fingerprint density at radius 2 is 1.41 bits per heavy atom. The average molecular weight is 470 g/mol. The van der Waals surface area contributed by atoms with Crippen molar-refractivity contribution in [2.75, 3.05) is 26.2 Å². The quantitative estimate of drug-likeness (QED) is 0.590. The van der Waals surface area contributed by atoms with Gasteiger partial charge in [-0.05, 0) is 31.2 Å². The number of halogens is 3.